The normalized spacial score (nSPS) is 10.5. The maximum atomic E-state index is 13.1. The van der Waals surface area contributed by atoms with Crippen LogP contribution in [0, 0.1) is 11.6 Å². The summed E-state index contributed by atoms with van der Waals surface area (Å²) < 4.78 is 25.6. The molecule has 0 aliphatic rings. The minimum atomic E-state index is -0.526. The molecule has 0 unspecified atom stereocenters. The lowest BCUT2D eigenvalue weighted by molar-refractivity contribution is 0.565. The number of rotatable bonds is 5. The third kappa shape index (κ3) is 3.64. The van der Waals surface area contributed by atoms with Gasteiger partial charge in [0.05, 0.1) is 0 Å². The molecule has 0 spiro atoms. The lowest BCUT2D eigenvalue weighted by Crippen LogP contribution is -2.08. The first kappa shape index (κ1) is 11.5. The summed E-state index contributed by atoms with van der Waals surface area (Å²) in [5.41, 5.74) is 0. The van der Waals surface area contributed by atoms with Gasteiger partial charge in [-0.2, -0.15) is 0 Å². The third-order valence-corrected chi connectivity index (χ3v) is 2.86. The molecule has 0 aliphatic heterocycles. The van der Waals surface area contributed by atoms with Crippen molar-refractivity contribution in [3.05, 3.63) is 29.8 Å². The van der Waals surface area contributed by atoms with Gasteiger partial charge in [0.2, 0.25) is 0 Å². The first-order valence-electron chi connectivity index (χ1n) is 4.46. The first-order chi connectivity index (χ1) is 6.74. The molecule has 78 valence electrons. The van der Waals surface area contributed by atoms with Crippen molar-refractivity contribution in [2.45, 2.75) is 11.3 Å². The van der Waals surface area contributed by atoms with Crippen LogP contribution in [0.15, 0.2) is 23.1 Å². The molecule has 0 saturated carbocycles. The maximum absolute atomic E-state index is 13.1. The lowest BCUT2D eigenvalue weighted by atomic mass is 10.3. The van der Waals surface area contributed by atoms with E-state index in [2.05, 4.69) is 5.32 Å². The van der Waals surface area contributed by atoms with E-state index in [1.165, 1.54) is 23.9 Å². The minimum absolute atomic E-state index is 0.473. The largest absolute Gasteiger partial charge is 0.320 e. The molecule has 0 radical (unpaired) electrons. The lowest BCUT2D eigenvalue weighted by Gasteiger charge is -2.02. The van der Waals surface area contributed by atoms with Crippen LogP contribution in [0.25, 0.3) is 0 Å². The van der Waals surface area contributed by atoms with Crippen LogP contribution in [0.3, 0.4) is 0 Å². The number of halogens is 2. The second-order valence-electron chi connectivity index (χ2n) is 2.88. The molecular formula is C10H13F2NS. The Morgan fingerprint density at radius 1 is 1.36 bits per heavy atom. The van der Waals surface area contributed by atoms with Crippen LogP contribution in [-0.4, -0.2) is 19.3 Å². The molecule has 4 heteroatoms. The Labute approximate surface area is 86.9 Å². The fourth-order valence-electron chi connectivity index (χ4n) is 1.02. The quantitative estimate of drug-likeness (QED) is 0.601. The zero-order valence-electron chi connectivity index (χ0n) is 8.02. The molecule has 14 heavy (non-hydrogen) atoms. The van der Waals surface area contributed by atoms with Gasteiger partial charge in [-0.3, -0.25) is 0 Å². The topological polar surface area (TPSA) is 12.0 Å². The molecule has 0 amide bonds. The van der Waals surface area contributed by atoms with E-state index in [4.69, 9.17) is 0 Å². The number of benzene rings is 1. The molecule has 0 atom stereocenters. The maximum Gasteiger partial charge on any atom is 0.139 e. The van der Waals surface area contributed by atoms with E-state index in [-0.39, 0.29) is 0 Å². The van der Waals surface area contributed by atoms with E-state index < -0.39 is 11.6 Å². The van der Waals surface area contributed by atoms with Crippen LogP contribution < -0.4 is 5.32 Å². The van der Waals surface area contributed by atoms with Gasteiger partial charge in [-0.15, -0.1) is 11.8 Å². The number of thioether (sulfide) groups is 1. The Kier molecular flexibility index (Phi) is 4.90. The second-order valence-corrected chi connectivity index (χ2v) is 4.02. The van der Waals surface area contributed by atoms with Crippen LogP contribution in [0.2, 0.25) is 0 Å². The highest BCUT2D eigenvalue weighted by Gasteiger charge is 2.03. The smallest absolute Gasteiger partial charge is 0.139 e. The summed E-state index contributed by atoms with van der Waals surface area (Å²) in [5.74, 6) is -0.162. The molecular weight excluding hydrogens is 204 g/mol. The third-order valence-electron chi connectivity index (χ3n) is 1.72. The summed E-state index contributed by atoms with van der Waals surface area (Å²) in [7, 11) is 1.88. The summed E-state index contributed by atoms with van der Waals surface area (Å²) in [6.45, 7) is 0.913. The van der Waals surface area contributed by atoms with Crippen LogP contribution in [0.5, 0.6) is 0 Å². The van der Waals surface area contributed by atoms with Crippen LogP contribution >= 0.6 is 11.8 Å². The van der Waals surface area contributed by atoms with Gasteiger partial charge < -0.3 is 5.32 Å². The number of hydrogen-bond acceptors (Lipinski definition) is 2. The summed E-state index contributed by atoms with van der Waals surface area (Å²) in [6.07, 6.45) is 0.970. The Balaban J connectivity index is 2.42. The first-order valence-corrected chi connectivity index (χ1v) is 5.45. The van der Waals surface area contributed by atoms with E-state index in [0.717, 1.165) is 24.8 Å². The Morgan fingerprint density at radius 2 is 2.14 bits per heavy atom. The van der Waals surface area contributed by atoms with Crippen LogP contribution in [-0.2, 0) is 0 Å². The average Bonchev–Trinajstić information content (AvgIpc) is 2.15. The fraction of sp³-hybridized carbons (Fsp3) is 0.400. The summed E-state index contributed by atoms with van der Waals surface area (Å²) in [6, 6.07) is 3.68. The standard InChI is InChI=1S/C10H13F2NS/c1-13-5-2-6-14-10-4-3-8(11)7-9(10)12/h3-4,7,13H,2,5-6H2,1H3. The van der Waals surface area contributed by atoms with Gasteiger partial charge in [0.25, 0.3) is 0 Å². The molecule has 0 fully saturated rings. The van der Waals surface area contributed by atoms with E-state index in [1.807, 2.05) is 7.05 Å². The van der Waals surface area contributed by atoms with Crippen molar-refractivity contribution in [3.63, 3.8) is 0 Å². The molecule has 1 rings (SSSR count). The monoisotopic (exact) mass is 217 g/mol. The van der Waals surface area contributed by atoms with Gasteiger partial charge in [0.1, 0.15) is 11.6 Å². The van der Waals surface area contributed by atoms with Gasteiger partial charge in [0, 0.05) is 11.0 Å². The highest BCUT2D eigenvalue weighted by Crippen LogP contribution is 2.22. The van der Waals surface area contributed by atoms with E-state index in [1.54, 1.807) is 0 Å². The van der Waals surface area contributed by atoms with Crippen molar-refractivity contribution < 1.29 is 8.78 Å². The van der Waals surface area contributed by atoms with Crippen LogP contribution in [0.4, 0.5) is 8.78 Å². The highest BCUT2D eigenvalue weighted by atomic mass is 32.2. The van der Waals surface area contributed by atoms with Crippen molar-refractivity contribution in [1.29, 1.82) is 0 Å². The molecule has 1 aromatic rings. The molecule has 0 aromatic heterocycles. The summed E-state index contributed by atoms with van der Waals surface area (Å²) in [4.78, 5) is 0.516. The number of nitrogens with one attached hydrogen (secondary N) is 1. The Morgan fingerprint density at radius 3 is 2.79 bits per heavy atom. The Hall–Kier alpha value is -0.610. The zero-order chi connectivity index (χ0) is 10.4. The van der Waals surface area contributed by atoms with Crippen molar-refractivity contribution in [1.82, 2.24) is 5.32 Å². The van der Waals surface area contributed by atoms with Gasteiger partial charge in [-0.05, 0) is 37.9 Å². The summed E-state index contributed by atoms with van der Waals surface area (Å²) >= 11 is 1.41. The van der Waals surface area contributed by atoms with E-state index >= 15 is 0 Å². The van der Waals surface area contributed by atoms with Gasteiger partial charge >= 0.3 is 0 Å². The molecule has 0 aliphatic carbocycles. The zero-order valence-corrected chi connectivity index (χ0v) is 8.83. The number of hydrogen-bond donors (Lipinski definition) is 1. The van der Waals surface area contributed by atoms with Crippen molar-refractivity contribution >= 4 is 11.8 Å². The molecule has 0 bridgehead atoms. The Bertz CT molecular complexity index is 291. The highest BCUT2D eigenvalue weighted by molar-refractivity contribution is 7.99. The predicted octanol–water partition coefficient (Wildman–Crippen LogP) is 2.67. The molecule has 1 aromatic carbocycles. The SMILES string of the molecule is CNCCCSc1ccc(F)cc1F. The van der Waals surface area contributed by atoms with Crippen molar-refractivity contribution in [2.75, 3.05) is 19.3 Å². The predicted molar refractivity (Wildman–Crippen MR) is 55.6 cm³/mol. The van der Waals surface area contributed by atoms with Crippen molar-refractivity contribution in [3.8, 4) is 0 Å². The van der Waals surface area contributed by atoms with Gasteiger partial charge in [-0.25, -0.2) is 8.78 Å². The molecule has 0 saturated heterocycles. The van der Waals surface area contributed by atoms with E-state index in [0.29, 0.717) is 4.90 Å². The van der Waals surface area contributed by atoms with Crippen LogP contribution in [0.1, 0.15) is 6.42 Å². The fourth-order valence-corrected chi connectivity index (χ4v) is 1.89. The second kappa shape index (κ2) is 5.98. The van der Waals surface area contributed by atoms with Gasteiger partial charge in [-0.1, -0.05) is 0 Å². The average molecular weight is 217 g/mol. The molecule has 1 nitrogen and oxygen atoms in total. The molecule has 0 heterocycles. The van der Waals surface area contributed by atoms with E-state index in [9.17, 15) is 8.78 Å². The van der Waals surface area contributed by atoms with Gasteiger partial charge in [0.15, 0.2) is 0 Å². The molecule has 1 N–H and O–H groups in total. The van der Waals surface area contributed by atoms with Crippen molar-refractivity contribution in [2.24, 2.45) is 0 Å². The minimum Gasteiger partial charge on any atom is -0.320 e. The summed E-state index contributed by atoms with van der Waals surface area (Å²) in [5, 5.41) is 3.01.